The second kappa shape index (κ2) is 8.61. The number of aryl methyl sites for hydroxylation is 1. The molecule has 0 spiro atoms. The van der Waals surface area contributed by atoms with E-state index in [4.69, 9.17) is 16.3 Å². The van der Waals surface area contributed by atoms with Gasteiger partial charge in [-0.05, 0) is 49.2 Å². The molecular formula is C21H20ClFN2O4. The fraction of sp³-hybridized carbons (Fsp3) is 0.286. The highest BCUT2D eigenvalue weighted by Crippen LogP contribution is 2.29. The number of ether oxygens (including phenoxy) is 1. The van der Waals surface area contributed by atoms with Crippen LogP contribution in [-0.4, -0.2) is 30.9 Å². The molecule has 1 aliphatic heterocycles. The summed E-state index contributed by atoms with van der Waals surface area (Å²) < 4.78 is 18.7. The standard InChI is InChI=1S/C21H20ClFN2O4/c1-12-4-3-5-18(13(12)2)25-10-14(8-20(25)27)21(28)29-11-19(26)24-17-7-6-15(22)9-16(17)23/h3-7,9,14H,8,10-11H2,1-2H3,(H,24,26)/t14-/m0/s1. The van der Waals surface area contributed by atoms with E-state index in [2.05, 4.69) is 5.32 Å². The minimum absolute atomic E-state index is 0.0135. The number of nitrogens with one attached hydrogen (secondary N) is 1. The van der Waals surface area contributed by atoms with Gasteiger partial charge in [-0.1, -0.05) is 23.7 Å². The lowest BCUT2D eigenvalue weighted by atomic mass is 10.1. The first kappa shape index (κ1) is 20.8. The summed E-state index contributed by atoms with van der Waals surface area (Å²) in [6, 6.07) is 9.45. The highest BCUT2D eigenvalue weighted by Gasteiger charge is 2.37. The van der Waals surface area contributed by atoms with Gasteiger partial charge in [0.25, 0.3) is 5.91 Å². The molecule has 1 atom stereocenters. The molecule has 152 valence electrons. The third-order valence-electron chi connectivity index (χ3n) is 4.88. The maximum absolute atomic E-state index is 13.7. The smallest absolute Gasteiger partial charge is 0.311 e. The third kappa shape index (κ3) is 4.74. The number of rotatable bonds is 5. The average Bonchev–Trinajstić information content (AvgIpc) is 3.06. The van der Waals surface area contributed by atoms with Gasteiger partial charge in [-0.15, -0.1) is 0 Å². The van der Waals surface area contributed by atoms with Crippen LogP contribution in [0.2, 0.25) is 5.02 Å². The molecule has 1 aliphatic rings. The van der Waals surface area contributed by atoms with E-state index >= 15 is 0 Å². The number of benzene rings is 2. The summed E-state index contributed by atoms with van der Waals surface area (Å²) in [5.41, 5.74) is 2.72. The fourth-order valence-electron chi connectivity index (χ4n) is 3.16. The summed E-state index contributed by atoms with van der Waals surface area (Å²) in [6.45, 7) is 3.49. The van der Waals surface area contributed by atoms with Gasteiger partial charge in [-0.25, -0.2) is 4.39 Å². The molecule has 0 aliphatic carbocycles. The van der Waals surface area contributed by atoms with Crippen molar-refractivity contribution in [2.45, 2.75) is 20.3 Å². The van der Waals surface area contributed by atoms with Crippen LogP contribution >= 0.6 is 11.6 Å². The molecule has 0 radical (unpaired) electrons. The number of esters is 1. The van der Waals surface area contributed by atoms with Crippen LogP contribution in [0.15, 0.2) is 36.4 Å². The molecule has 6 nitrogen and oxygen atoms in total. The number of carbonyl (C=O) groups excluding carboxylic acids is 3. The Hall–Kier alpha value is -2.93. The molecule has 1 fully saturated rings. The van der Waals surface area contributed by atoms with Gasteiger partial charge in [0, 0.05) is 23.7 Å². The fourth-order valence-corrected chi connectivity index (χ4v) is 3.32. The van der Waals surface area contributed by atoms with Crippen molar-refractivity contribution < 1.29 is 23.5 Å². The van der Waals surface area contributed by atoms with E-state index in [9.17, 15) is 18.8 Å². The molecule has 1 heterocycles. The summed E-state index contributed by atoms with van der Waals surface area (Å²) in [5.74, 6) is -2.85. The maximum Gasteiger partial charge on any atom is 0.311 e. The molecule has 0 saturated carbocycles. The van der Waals surface area contributed by atoms with Gasteiger partial charge in [0.05, 0.1) is 11.6 Å². The van der Waals surface area contributed by atoms with E-state index < -0.39 is 30.2 Å². The highest BCUT2D eigenvalue weighted by molar-refractivity contribution is 6.30. The first-order valence-corrected chi connectivity index (χ1v) is 9.42. The second-order valence-corrected chi connectivity index (χ2v) is 7.34. The van der Waals surface area contributed by atoms with Crippen LogP contribution in [0.25, 0.3) is 0 Å². The van der Waals surface area contributed by atoms with Gasteiger partial charge in [0.1, 0.15) is 5.82 Å². The second-order valence-electron chi connectivity index (χ2n) is 6.90. The van der Waals surface area contributed by atoms with E-state index in [1.54, 1.807) is 4.90 Å². The lowest BCUT2D eigenvalue weighted by Crippen LogP contribution is -2.28. The van der Waals surface area contributed by atoms with Crippen molar-refractivity contribution in [3.05, 3.63) is 58.4 Å². The molecule has 0 unspecified atom stereocenters. The number of hydrogen-bond donors (Lipinski definition) is 1. The molecule has 0 aromatic heterocycles. The maximum atomic E-state index is 13.7. The summed E-state index contributed by atoms with van der Waals surface area (Å²) in [4.78, 5) is 38.2. The Labute approximate surface area is 172 Å². The lowest BCUT2D eigenvalue weighted by Gasteiger charge is -2.20. The zero-order valence-electron chi connectivity index (χ0n) is 16.0. The van der Waals surface area contributed by atoms with Crippen molar-refractivity contribution in [3.8, 4) is 0 Å². The average molecular weight is 419 g/mol. The molecule has 2 aromatic carbocycles. The van der Waals surface area contributed by atoms with E-state index in [1.807, 2.05) is 32.0 Å². The van der Waals surface area contributed by atoms with Gasteiger partial charge in [0.15, 0.2) is 6.61 Å². The van der Waals surface area contributed by atoms with E-state index in [-0.39, 0.29) is 29.6 Å². The van der Waals surface area contributed by atoms with Crippen LogP contribution < -0.4 is 10.2 Å². The number of amides is 2. The van der Waals surface area contributed by atoms with Gasteiger partial charge in [0.2, 0.25) is 5.91 Å². The first-order valence-electron chi connectivity index (χ1n) is 9.04. The molecular weight excluding hydrogens is 399 g/mol. The Kier molecular flexibility index (Phi) is 6.17. The highest BCUT2D eigenvalue weighted by atomic mass is 35.5. The Morgan fingerprint density at radius 3 is 2.76 bits per heavy atom. The van der Waals surface area contributed by atoms with Crippen molar-refractivity contribution in [3.63, 3.8) is 0 Å². The van der Waals surface area contributed by atoms with Gasteiger partial charge in [-0.3, -0.25) is 14.4 Å². The van der Waals surface area contributed by atoms with Crippen molar-refractivity contribution in [1.29, 1.82) is 0 Å². The Morgan fingerprint density at radius 2 is 2.03 bits per heavy atom. The number of carbonyl (C=O) groups is 3. The van der Waals surface area contributed by atoms with Crippen LogP contribution in [0.3, 0.4) is 0 Å². The molecule has 29 heavy (non-hydrogen) atoms. The van der Waals surface area contributed by atoms with Gasteiger partial charge >= 0.3 is 5.97 Å². The molecule has 8 heteroatoms. The van der Waals surface area contributed by atoms with E-state index in [1.165, 1.54) is 12.1 Å². The lowest BCUT2D eigenvalue weighted by molar-refractivity contribution is -0.151. The predicted molar refractivity (Wildman–Crippen MR) is 107 cm³/mol. The number of nitrogens with zero attached hydrogens (tertiary/aromatic N) is 1. The van der Waals surface area contributed by atoms with Crippen molar-refractivity contribution in [2.75, 3.05) is 23.4 Å². The van der Waals surface area contributed by atoms with Crippen molar-refractivity contribution in [1.82, 2.24) is 0 Å². The normalized spacial score (nSPS) is 16.1. The molecule has 3 rings (SSSR count). The molecule has 2 amide bonds. The number of hydrogen-bond acceptors (Lipinski definition) is 4. The predicted octanol–water partition coefficient (Wildman–Crippen LogP) is 3.63. The molecule has 0 bridgehead atoms. The number of halogens is 2. The molecule has 2 aromatic rings. The summed E-state index contributed by atoms with van der Waals surface area (Å²) in [6.07, 6.45) is 0.0135. The Morgan fingerprint density at radius 1 is 1.28 bits per heavy atom. The van der Waals surface area contributed by atoms with Gasteiger partial charge in [-0.2, -0.15) is 0 Å². The van der Waals surface area contributed by atoms with Crippen LogP contribution in [0, 0.1) is 25.6 Å². The zero-order valence-corrected chi connectivity index (χ0v) is 16.8. The van der Waals surface area contributed by atoms with Crippen LogP contribution in [0.5, 0.6) is 0 Å². The summed E-state index contributed by atoms with van der Waals surface area (Å²) in [5, 5.41) is 2.51. The Balaban J connectivity index is 1.56. The van der Waals surface area contributed by atoms with Crippen LogP contribution in [0.1, 0.15) is 17.5 Å². The topological polar surface area (TPSA) is 75.7 Å². The monoisotopic (exact) mass is 418 g/mol. The number of anilines is 2. The SMILES string of the molecule is Cc1cccc(N2C[C@@H](C(=O)OCC(=O)Nc3ccc(Cl)cc3F)CC2=O)c1C. The van der Waals surface area contributed by atoms with Crippen molar-refractivity contribution in [2.24, 2.45) is 5.92 Å². The summed E-state index contributed by atoms with van der Waals surface area (Å²) in [7, 11) is 0. The minimum Gasteiger partial charge on any atom is -0.455 e. The van der Waals surface area contributed by atoms with Crippen molar-refractivity contribution >= 4 is 40.8 Å². The van der Waals surface area contributed by atoms with E-state index in [0.717, 1.165) is 22.9 Å². The van der Waals surface area contributed by atoms with Gasteiger partial charge < -0.3 is 15.0 Å². The quantitative estimate of drug-likeness (QED) is 0.752. The summed E-state index contributed by atoms with van der Waals surface area (Å²) >= 11 is 5.66. The largest absolute Gasteiger partial charge is 0.455 e. The molecule has 1 N–H and O–H groups in total. The van der Waals surface area contributed by atoms with Crippen LogP contribution in [0.4, 0.5) is 15.8 Å². The zero-order chi connectivity index (χ0) is 21.1. The third-order valence-corrected chi connectivity index (χ3v) is 5.11. The molecule has 1 saturated heterocycles. The Bertz CT molecular complexity index is 979. The van der Waals surface area contributed by atoms with E-state index in [0.29, 0.717) is 0 Å². The minimum atomic E-state index is -0.692. The first-order chi connectivity index (χ1) is 13.8. The van der Waals surface area contributed by atoms with Crippen LogP contribution in [-0.2, 0) is 19.1 Å².